The van der Waals surface area contributed by atoms with Gasteiger partial charge in [-0.1, -0.05) is 18.9 Å². The van der Waals surface area contributed by atoms with Crippen LogP contribution >= 0.6 is 11.9 Å². The molecular weight excluding hydrogens is 434 g/mol. The summed E-state index contributed by atoms with van der Waals surface area (Å²) in [5.41, 5.74) is 5.82. The van der Waals surface area contributed by atoms with Crippen molar-refractivity contribution in [1.29, 1.82) is 0 Å². The largest absolute Gasteiger partial charge is 0.404 e. The van der Waals surface area contributed by atoms with E-state index >= 15 is 0 Å². The van der Waals surface area contributed by atoms with Crippen molar-refractivity contribution in [2.75, 3.05) is 30.8 Å². The van der Waals surface area contributed by atoms with E-state index < -0.39 is 29.9 Å². The quantitative estimate of drug-likeness (QED) is 0.484. The number of piperidine rings is 1. The van der Waals surface area contributed by atoms with Gasteiger partial charge in [-0.05, 0) is 12.3 Å². The maximum atomic E-state index is 14.6. The third-order valence-corrected chi connectivity index (χ3v) is 5.63. The molecule has 2 aromatic heterocycles. The molecule has 0 aromatic carbocycles. The maximum Gasteiger partial charge on any atom is 0.280 e. The summed E-state index contributed by atoms with van der Waals surface area (Å²) in [6.07, 6.45) is 2.69. The Morgan fingerprint density at radius 1 is 1.35 bits per heavy atom. The molecule has 3 heterocycles. The molecule has 0 radical (unpaired) electrons. The fourth-order valence-corrected chi connectivity index (χ4v) is 3.82. The SMILES string of the molecule is CSNCC1CN(c2cc(/C(=C/N)c3nccc(C(F)F)n3)ncn2)CC(C)C1(F)F. The van der Waals surface area contributed by atoms with Crippen molar-refractivity contribution in [3.05, 3.63) is 48.1 Å². The molecule has 0 bridgehead atoms. The Bertz CT molecular complexity index is 928. The zero-order valence-electron chi connectivity index (χ0n) is 17.0. The van der Waals surface area contributed by atoms with Gasteiger partial charge in [0.15, 0.2) is 5.82 Å². The van der Waals surface area contributed by atoms with E-state index in [2.05, 4.69) is 24.7 Å². The molecule has 1 aliphatic heterocycles. The van der Waals surface area contributed by atoms with Gasteiger partial charge < -0.3 is 10.6 Å². The summed E-state index contributed by atoms with van der Waals surface area (Å²) in [7, 11) is 0. The first-order valence-corrected chi connectivity index (χ1v) is 10.7. The summed E-state index contributed by atoms with van der Waals surface area (Å²) in [6.45, 7) is 1.86. The van der Waals surface area contributed by atoms with Crippen LogP contribution in [0.1, 0.15) is 30.6 Å². The number of nitrogens with two attached hydrogens (primary N) is 1. The molecule has 1 fully saturated rings. The summed E-state index contributed by atoms with van der Waals surface area (Å²) >= 11 is 1.29. The van der Waals surface area contributed by atoms with E-state index in [9.17, 15) is 17.6 Å². The number of rotatable bonds is 7. The molecule has 7 nitrogen and oxygen atoms in total. The zero-order chi connectivity index (χ0) is 22.6. The van der Waals surface area contributed by atoms with Crippen molar-refractivity contribution in [3.8, 4) is 0 Å². The number of hydrogen-bond acceptors (Lipinski definition) is 8. The molecule has 0 amide bonds. The van der Waals surface area contributed by atoms with Crippen LogP contribution in [-0.4, -0.2) is 51.7 Å². The van der Waals surface area contributed by atoms with E-state index in [1.807, 2.05) is 0 Å². The van der Waals surface area contributed by atoms with Crippen molar-refractivity contribution in [1.82, 2.24) is 24.7 Å². The molecule has 0 saturated carbocycles. The second-order valence-corrected chi connectivity index (χ2v) is 7.87. The first kappa shape index (κ1) is 23.2. The molecule has 1 aliphatic rings. The molecule has 2 unspecified atom stereocenters. The third-order valence-electron chi connectivity index (χ3n) is 5.17. The number of nitrogens with one attached hydrogen (secondary N) is 1. The Morgan fingerprint density at radius 2 is 2.13 bits per heavy atom. The standard InChI is InChI=1S/C19H23F4N7S/c1-11-8-30(9-12(7-28-31-2)19(11,22)23)16-5-15(26-10-27-16)13(6-24)18-25-4-3-14(29-18)17(20)21/h3-6,10-12,17,28H,7-9,24H2,1-2H3/b13-6-. The van der Waals surface area contributed by atoms with Gasteiger partial charge in [-0.2, -0.15) is 0 Å². The van der Waals surface area contributed by atoms with Gasteiger partial charge in [0, 0.05) is 44.0 Å². The van der Waals surface area contributed by atoms with Crippen molar-refractivity contribution in [3.63, 3.8) is 0 Å². The first-order valence-electron chi connectivity index (χ1n) is 9.52. The van der Waals surface area contributed by atoms with Crippen LogP contribution in [0.3, 0.4) is 0 Å². The Labute approximate surface area is 181 Å². The van der Waals surface area contributed by atoms with Crippen molar-refractivity contribution in [2.45, 2.75) is 19.3 Å². The van der Waals surface area contributed by atoms with Crippen molar-refractivity contribution < 1.29 is 17.6 Å². The summed E-state index contributed by atoms with van der Waals surface area (Å²) in [4.78, 5) is 18.0. The van der Waals surface area contributed by atoms with Crippen LogP contribution in [0.25, 0.3) is 5.57 Å². The van der Waals surface area contributed by atoms with E-state index in [4.69, 9.17) is 5.73 Å². The molecule has 3 rings (SSSR count). The molecule has 2 atom stereocenters. The first-order chi connectivity index (χ1) is 14.8. The second-order valence-electron chi connectivity index (χ2n) is 7.18. The smallest absolute Gasteiger partial charge is 0.280 e. The molecule has 1 saturated heterocycles. The zero-order valence-corrected chi connectivity index (χ0v) is 17.8. The average Bonchev–Trinajstić information content (AvgIpc) is 2.75. The fraction of sp³-hybridized carbons (Fsp3) is 0.474. The van der Waals surface area contributed by atoms with Gasteiger partial charge in [-0.15, -0.1) is 0 Å². The lowest BCUT2D eigenvalue weighted by molar-refractivity contribution is -0.108. The van der Waals surface area contributed by atoms with Crippen LogP contribution in [0.5, 0.6) is 0 Å². The molecule has 0 aliphatic carbocycles. The molecule has 3 N–H and O–H groups in total. The van der Waals surface area contributed by atoms with Gasteiger partial charge in [-0.25, -0.2) is 37.5 Å². The van der Waals surface area contributed by atoms with Crippen LogP contribution in [0, 0.1) is 11.8 Å². The summed E-state index contributed by atoms with van der Waals surface area (Å²) < 4.78 is 58.2. The number of anilines is 1. The van der Waals surface area contributed by atoms with Gasteiger partial charge in [0.1, 0.15) is 17.8 Å². The number of halogens is 4. The summed E-state index contributed by atoms with van der Waals surface area (Å²) in [5.74, 6) is -4.18. The minimum Gasteiger partial charge on any atom is -0.404 e. The van der Waals surface area contributed by atoms with E-state index in [0.29, 0.717) is 11.5 Å². The Balaban J connectivity index is 1.89. The van der Waals surface area contributed by atoms with Crippen LogP contribution in [-0.2, 0) is 0 Å². The number of aromatic nitrogens is 4. The average molecular weight is 458 g/mol. The van der Waals surface area contributed by atoms with E-state index in [0.717, 1.165) is 6.07 Å². The third kappa shape index (κ3) is 5.06. The monoisotopic (exact) mass is 457 g/mol. The van der Waals surface area contributed by atoms with Gasteiger partial charge in [0.2, 0.25) is 0 Å². The minimum atomic E-state index is -2.82. The molecule has 168 valence electrons. The Kier molecular flexibility index (Phi) is 7.31. The molecular formula is C19H23F4N7S. The van der Waals surface area contributed by atoms with Crippen LogP contribution < -0.4 is 15.4 Å². The van der Waals surface area contributed by atoms with Gasteiger partial charge >= 0.3 is 0 Å². The van der Waals surface area contributed by atoms with E-state index in [1.54, 1.807) is 17.2 Å². The molecule has 2 aromatic rings. The van der Waals surface area contributed by atoms with Gasteiger partial charge in [0.05, 0.1) is 17.2 Å². The lowest BCUT2D eigenvalue weighted by Gasteiger charge is -2.43. The summed E-state index contributed by atoms with van der Waals surface area (Å²) in [6, 6.07) is 2.69. The number of hydrogen-bond donors (Lipinski definition) is 2. The predicted molar refractivity (Wildman–Crippen MR) is 112 cm³/mol. The van der Waals surface area contributed by atoms with Gasteiger partial charge in [-0.3, -0.25) is 4.72 Å². The highest BCUT2D eigenvalue weighted by atomic mass is 32.2. The molecule has 12 heteroatoms. The predicted octanol–water partition coefficient (Wildman–Crippen LogP) is 3.13. The van der Waals surface area contributed by atoms with E-state index in [1.165, 1.54) is 37.6 Å². The molecule has 31 heavy (non-hydrogen) atoms. The van der Waals surface area contributed by atoms with Crippen molar-refractivity contribution >= 4 is 23.3 Å². The molecule has 0 spiro atoms. The highest BCUT2D eigenvalue weighted by Gasteiger charge is 2.49. The maximum absolute atomic E-state index is 14.6. The fourth-order valence-electron chi connectivity index (χ4n) is 3.45. The van der Waals surface area contributed by atoms with Crippen molar-refractivity contribution in [2.24, 2.45) is 17.6 Å². The Hall–Kier alpha value is -2.47. The lowest BCUT2D eigenvalue weighted by Crippen LogP contribution is -2.55. The van der Waals surface area contributed by atoms with Gasteiger partial charge in [0.25, 0.3) is 12.3 Å². The normalized spacial score (nSPS) is 21.5. The number of alkyl halides is 4. The van der Waals surface area contributed by atoms with E-state index in [-0.39, 0.29) is 31.0 Å². The van der Waals surface area contributed by atoms with Crippen LogP contribution in [0.15, 0.2) is 30.9 Å². The van der Waals surface area contributed by atoms with Crippen LogP contribution in [0.2, 0.25) is 0 Å². The highest BCUT2D eigenvalue weighted by molar-refractivity contribution is 7.96. The highest BCUT2D eigenvalue weighted by Crippen LogP contribution is 2.39. The minimum absolute atomic E-state index is 0.00876. The Morgan fingerprint density at radius 3 is 2.81 bits per heavy atom. The second kappa shape index (κ2) is 9.77. The number of nitrogens with zero attached hydrogens (tertiary/aromatic N) is 5. The topological polar surface area (TPSA) is 92.8 Å². The van der Waals surface area contributed by atoms with Crippen LogP contribution in [0.4, 0.5) is 23.4 Å². The summed E-state index contributed by atoms with van der Waals surface area (Å²) in [5, 5.41) is 0. The lowest BCUT2D eigenvalue weighted by atomic mass is 9.86.